The molecule has 0 spiro atoms. The summed E-state index contributed by atoms with van der Waals surface area (Å²) in [6, 6.07) is 24.9. The molecule has 0 aromatic heterocycles. The van der Waals surface area contributed by atoms with Crippen LogP contribution < -0.4 is 5.32 Å². The highest BCUT2D eigenvalue weighted by atomic mass is 16.6. The van der Waals surface area contributed by atoms with E-state index in [1.165, 1.54) is 37.0 Å². The van der Waals surface area contributed by atoms with E-state index in [0.29, 0.717) is 17.7 Å². The van der Waals surface area contributed by atoms with Crippen molar-refractivity contribution in [2.75, 3.05) is 31.5 Å². The second-order valence-corrected chi connectivity index (χ2v) is 11.6. The van der Waals surface area contributed by atoms with Crippen molar-refractivity contribution in [3.8, 4) is 11.1 Å². The fourth-order valence-electron chi connectivity index (χ4n) is 6.11. The van der Waals surface area contributed by atoms with Crippen molar-refractivity contribution in [3.05, 3.63) is 90.0 Å². The topological polar surface area (TPSA) is 79.0 Å². The van der Waals surface area contributed by atoms with Crippen LogP contribution in [-0.2, 0) is 4.74 Å². The Bertz CT molecular complexity index is 1330. The third-order valence-electron chi connectivity index (χ3n) is 8.54. The molecule has 0 aliphatic carbocycles. The number of unbranched alkanes of at least 4 members (excludes halogenated alkanes) is 7. The third kappa shape index (κ3) is 8.32. The van der Waals surface area contributed by atoms with E-state index >= 15 is 0 Å². The minimum Gasteiger partial charge on any atom is -0.446 e. The number of carbonyl (C=O) groups excluding carboxylic acids is 3. The van der Waals surface area contributed by atoms with Crippen molar-refractivity contribution in [3.63, 3.8) is 0 Å². The summed E-state index contributed by atoms with van der Waals surface area (Å²) >= 11 is 0. The molecule has 0 bridgehead atoms. The summed E-state index contributed by atoms with van der Waals surface area (Å²) in [5, 5.41) is 2.95. The molecule has 43 heavy (non-hydrogen) atoms. The van der Waals surface area contributed by atoms with Gasteiger partial charge in [0.05, 0.1) is 16.8 Å². The lowest BCUT2D eigenvalue weighted by Gasteiger charge is -2.31. The second kappa shape index (κ2) is 15.5. The van der Waals surface area contributed by atoms with E-state index in [4.69, 9.17) is 4.74 Å². The Morgan fingerprint density at radius 1 is 0.651 bits per heavy atom. The molecule has 0 radical (unpaired) electrons. The van der Waals surface area contributed by atoms with E-state index in [0.717, 1.165) is 68.6 Å². The van der Waals surface area contributed by atoms with Crippen molar-refractivity contribution >= 4 is 23.6 Å². The summed E-state index contributed by atoms with van der Waals surface area (Å²) in [6.07, 6.45) is 10.5. The number of benzene rings is 3. The lowest BCUT2D eigenvalue weighted by Crippen LogP contribution is -2.38. The molecule has 2 heterocycles. The van der Waals surface area contributed by atoms with Crippen molar-refractivity contribution in [2.45, 2.75) is 70.3 Å². The molecule has 3 amide bonds. The van der Waals surface area contributed by atoms with Gasteiger partial charge in [0, 0.05) is 25.2 Å². The Morgan fingerprint density at radius 3 is 1.79 bits per heavy atom. The minimum absolute atomic E-state index is 0.0443. The lowest BCUT2D eigenvalue weighted by molar-refractivity contribution is 0.0583. The molecule has 3 aromatic rings. The van der Waals surface area contributed by atoms with Crippen molar-refractivity contribution in [2.24, 2.45) is 0 Å². The zero-order chi connectivity index (χ0) is 29.9. The predicted octanol–water partition coefficient (Wildman–Crippen LogP) is 7.78. The lowest BCUT2D eigenvalue weighted by atomic mass is 10.0. The first kappa shape index (κ1) is 30.5. The minimum atomic E-state index is -0.384. The second-order valence-electron chi connectivity index (χ2n) is 11.6. The Hall–Kier alpha value is -3.97. The highest BCUT2D eigenvalue weighted by Gasteiger charge is 2.34. The van der Waals surface area contributed by atoms with Gasteiger partial charge in [0.15, 0.2) is 0 Å². The molecule has 3 aromatic carbocycles. The van der Waals surface area contributed by atoms with Crippen LogP contribution in [0.2, 0.25) is 0 Å². The Labute approximate surface area is 255 Å². The van der Waals surface area contributed by atoms with Gasteiger partial charge in [-0.3, -0.25) is 19.8 Å². The quantitative estimate of drug-likeness (QED) is 0.155. The number of nitrogens with one attached hydrogen (secondary N) is 1. The van der Waals surface area contributed by atoms with Gasteiger partial charge < -0.3 is 9.64 Å². The number of imide groups is 1. The summed E-state index contributed by atoms with van der Waals surface area (Å²) in [6.45, 7) is 3.54. The fraction of sp³-hybridized carbons (Fsp3) is 0.417. The number of hydrogen-bond donors (Lipinski definition) is 1. The number of nitrogens with zero attached hydrogens (tertiary/aromatic N) is 2. The van der Waals surface area contributed by atoms with Gasteiger partial charge in [-0.2, -0.15) is 0 Å². The van der Waals surface area contributed by atoms with E-state index in [-0.39, 0.29) is 24.0 Å². The van der Waals surface area contributed by atoms with Crippen LogP contribution in [0.1, 0.15) is 84.9 Å². The van der Waals surface area contributed by atoms with E-state index < -0.39 is 0 Å². The molecule has 5 rings (SSSR count). The highest BCUT2D eigenvalue weighted by Crippen LogP contribution is 2.28. The Balaban J connectivity index is 0.881. The number of likely N-dealkylation sites (tertiary alicyclic amines) is 1. The number of para-hydroxylation sites is 1. The molecule has 0 unspecified atom stereocenters. The van der Waals surface area contributed by atoms with Crippen molar-refractivity contribution in [1.82, 2.24) is 9.80 Å². The average molecular weight is 582 g/mol. The number of amides is 3. The number of ether oxygens (including phenoxy) is 1. The Kier molecular flexibility index (Phi) is 11.0. The summed E-state index contributed by atoms with van der Waals surface area (Å²) in [7, 11) is 0. The molecule has 0 saturated carbocycles. The largest absolute Gasteiger partial charge is 0.446 e. The van der Waals surface area contributed by atoms with Crippen LogP contribution in [0.15, 0.2) is 78.9 Å². The van der Waals surface area contributed by atoms with E-state index in [9.17, 15) is 14.4 Å². The Morgan fingerprint density at radius 2 is 1.16 bits per heavy atom. The fourth-order valence-corrected chi connectivity index (χ4v) is 6.11. The van der Waals surface area contributed by atoms with Crippen molar-refractivity contribution < 1.29 is 19.1 Å². The molecule has 1 N–H and O–H groups in total. The molecule has 1 saturated heterocycles. The van der Waals surface area contributed by atoms with Crippen LogP contribution in [0.3, 0.4) is 0 Å². The predicted molar refractivity (Wildman–Crippen MR) is 170 cm³/mol. The van der Waals surface area contributed by atoms with Gasteiger partial charge in [-0.05, 0) is 56.0 Å². The summed E-state index contributed by atoms with van der Waals surface area (Å²) in [5.41, 5.74) is 3.87. The van der Waals surface area contributed by atoms with E-state index in [1.54, 1.807) is 12.1 Å². The summed E-state index contributed by atoms with van der Waals surface area (Å²) in [5.74, 6) is -0.299. The molecular weight excluding hydrogens is 538 g/mol. The zero-order valence-corrected chi connectivity index (χ0v) is 25.0. The van der Waals surface area contributed by atoms with Gasteiger partial charge in [-0.25, -0.2) is 4.79 Å². The maximum Gasteiger partial charge on any atom is 0.411 e. The zero-order valence-electron chi connectivity index (χ0n) is 25.0. The number of hydrogen-bond acceptors (Lipinski definition) is 5. The molecule has 1 fully saturated rings. The van der Waals surface area contributed by atoms with Gasteiger partial charge >= 0.3 is 6.09 Å². The van der Waals surface area contributed by atoms with Crippen LogP contribution in [0, 0.1) is 0 Å². The first-order valence-corrected chi connectivity index (χ1v) is 15.9. The molecular formula is C36H43N3O4. The number of piperidine rings is 1. The molecule has 7 heteroatoms. The van der Waals surface area contributed by atoms with Crippen molar-refractivity contribution in [1.29, 1.82) is 0 Å². The SMILES string of the molecule is O=C(Nc1ccccc1-c1ccccc1)OC1CCN(CCCCCCCCCCN2C(=O)c3ccccc3C2=O)CC1. The van der Waals surface area contributed by atoms with Crippen LogP contribution in [-0.4, -0.2) is 60.0 Å². The van der Waals surface area contributed by atoms with Crippen LogP contribution >= 0.6 is 0 Å². The third-order valence-corrected chi connectivity index (χ3v) is 8.54. The van der Waals surface area contributed by atoms with Gasteiger partial charge in [-0.1, -0.05) is 99.2 Å². The molecule has 226 valence electrons. The van der Waals surface area contributed by atoms with Gasteiger partial charge in [0.25, 0.3) is 11.8 Å². The van der Waals surface area contributed by atoms with Crippen LogP contribution in [0.25, 0.3) is 11.1 Å². The summed E-state index contributed by atoms with van der Waals surface area (Å²) in [4.78, 5) is 41.4. The van der Waals surface area contributed by atoms with Gasteiger partial charge in [0.2, 0.25) is 0 Å². The first-order chi connectivity index (χ1) is 21.1. The number of rotatable bonds is 14. The standard InChI is InChI=1S/C36H43N3O4/c40-34-31-19-10-11-20-32(31)35(41)39(34)25-15-6-4-2-1-3-5-14-24-38-26-22-29(23-27-38)43-36(42)37-33-21-13-12-18-30(33)28-16-8-7-9-17-28/h7-13,16-21,29H,1-6,14-15,22-27H2,(H,37,42). The molecule has 2 aliphatic heterocycles. The molecule has 7 nitrogen and oxygen atoms in total. The molecule has 2 aliphatic rings. The smallest absolute Gasteiger partial charge is 0.411 e. The monoisotopic (exact) mass is 581 g/mol. The number of anilines is 1. The average Bonchev–Trinajstić information content (AvgIpc) is 3.28. The number of carbonyl (C=O) groups is 3. The maximum absolute atomic E-state index is 12.7. The van der Waals surface area contributed by atoms with E-state index in [2.05, 4.69) is 10.2 Å². The number of fused-ring (bicyclic) bond motifs is 1. The highest BCUT2D eigenvalue weighted by molar-refractivity contribution is 6.21. The van der Waals surface area contributed by atoms with E-state index in [1.807, 2.05) is 66.7 Å². The normalized spacial score (nSPS) is 15.5. The van der Waals surface area contributed by atoms with Gasteiger partial charge in [-0.15, -0.1) is 0 Å². The van der Waals surface area contributed by atoms with Crippen LogP contribution in [0.5, 0.6) is 0 Å². The van der Waals surface area contributed by atoms with Gasteiger partial charge in [0.1, 0.15) is 6.10 Å². The molecule has 0 atom stereocenters. The summed E-state index contributed by atoms with van der Waals surface area (Å²) < 4.78 is 5.77. The first-order valence-electron chi connectivity index (χ1n) is 15.9. The van der Waals surface area contributed by atoms with Crippen LogP contribution in [0.4, 0.5) is 10.5 Å². The maximum atomic E-state index is 12.7.